The molecule has 310 valence electrons. The normalized spacial score (nSPS) is 30.5. The molecule has 5 unspecified atom stereocenters. The van der Waals surface area contributed by atoms with E-state index in [1.165, 1.54) is 33.6 Å². The average Bonchev–Trinajstić information content (AvgIpc) is 3.87. The fraction of sp³-hybridized carbons (Fsp3) is 0.545. The van der Waals surface area contributed by atoms with Crippen molar-refractivity contribution < 1.29 is 76.3 Å². The summed E-state index contributed by atoms with van der Waals surface area (Å²) in [7, 11) is -11.5. The molecule has 2 aliphatic rings. The van der Waals surface area contributed by atoms with Crippen LogP contribution in [0.25, 0.3) is 22.3 Å². The Balaban J connectivity index is 1.04. The zero-order valence-corrected chi connectivity index (χ0v) is 34.6. The van der Waals surface area contributed by atoms with Crippen molar-refractivity contribution in [3.8, 4) is 0 Å². The lowest BCUT2D eigenvalue weighted by molar-refractivity contribution is -0.0486. The maximum Gasteiger partial charge on any atom is 0.365 e. The third-order valence-electron chi connectivity index (χ3n) is 8.00. The lowest BCUT2D eigenvalue weighted by Crippen LogP contribution is -2.33. The Morgan fingerprint density at radius 1 is 0.786 bits per heavy atom. The number of aliphatic hydroxyl groups excluding tert-OH is 4. The van der Waals surface area contributed by atoms with Gasteiger partial charge in [-0.15, -0.1) is 0 Å². The third-order valence-corrected chi connectivity index (χ3v) is 19.2. The van der Waals surface area contributed by atoms with Crippen molar-refractivity contribution in [1.29, 1.82) is 0 Å². The molecule has 4 aromatic heterocycles. The number of aromatic nitrogens is 8. The summed E-state index contributed by atoms with van der Waals surface area (Å²) in [5.41, 5.74) is 12.3. The molecule has 13 atom stereocenters. The lowest BCUT2D eigenvalue weighted by atomic mass is 10.1. The van der Waals surface area contributed by atoms with Crippen LogP contribution in [0.3, 0.4) is 0 Å². The van der Waals surface area contributed by atoms with Gasteiger partial charge in [-0.05, 0) is 29.9 Å². The number of nitrogen functional groups attached to an aromatic ring is 2. The molecule has 12 N–H and O–H groups in total. The highest BCUT2D eigenvalue weighted by molar-refractivity contribution is 8.09. The van der Waals surface area contributed by atoms with Crippen molar-refractivity contribution in [3.63, 3.8) is 0 Å². The van der Waals surface area contributed by atoms with Gasteiger partial charge >= 0.3 is 28.6 Å². The quantitative estimate of drug-likeness (QED) is 0.0301. The number of nitrogens with two attached hydrogens (primary N) is 2. The average molecular weight is 947 g/mol. The molecule has 2 saturated heterocycles. The second-order valence-electron chi connectivity index (χ2n) is 11.7. The second-order valence-corrected chi connectivity index (χ2v) is 23.7. The summed E-state index contributed by atoms with van der Waals surface area (Å²) in [6, 6.07) is 0. The fourth-order valence-electron chi connectivity index (χ4n) is 5.39. The van der Waals surface area contributed by atoms with Crippen LogP contribution in [-0.2, 0) is 59.9 Å². The van der Waals surface area contributed by atoms with Gasteiger partial charge < -0.3 is 70.0 Å². The van der Waals surface area contributed by atoms with Crippen molar-refractivity contribution in [2.45, 2.75) is 59.1 Å². The highest BCUT2D eigenvalue weighted by Gasteiger charge is 2.53. The number of nitrogens with zero attached hydrogens (tertiary/aromatic N) is 8. The number of halogens is 1. The van der Waals surface area contributed by atoms with Crippen LogP contribution in [0, 0.1) is 0 Å². The Morgan fingerprint density at radius 3 is 1.73 bits per heavy atom. The van der Waals surface area contributed by atoms with E-state index in [1.807, 2.05) is 0 Å². The summed E-state index contributed by atoms with van der Waals surface area (Å²) >= 11 is 16.5. The monoisotopic (exact) mass is 946 g/mol. The first-order valence-electron chi connectivity index (χ1n) is 15.2. The molecule has 0 amide bonds. The predicted molar refractivity (Wildman–Crippen MR) is 199 cm³/mol. The molecular weight excluding hydrogens is 916 g/mol. The van der Waals surface area contributed by atoms with Gasteiger partial charge in [0.1, 0.15) is 54.0 Å². The predicted octanol–water partition coefficient (Wildman–Crippen LogP) is -0.816. The fourth-order valence-corrected chi connectivity index (χ4v) is 14.7. The Kier molecular flexibility index (Phi) is 13.0. The lowest BCUT2D eigenvalue weighted by Gasteiger charge is -2.27. The molecule has 2 fully saturated rings. The molecule has 0 aromatic carbocycles. The molecule has 2 aliphatic heterocycles. The molecule has 6 rings (SSSR count). The first-order valence-corrected chi connectivity index (χ1v) is 25.4. The molecule has 4 aromatic rings. The number of alkyl halides is 1. The van der Waals surface area contributed by atoms with Crippen molar-refractivity contribution in [1.82, 2.24) is 39.0 Å². The van der Waals surface area contributed by atoms with Gasteiger partial charge in [-0.3, -0.25) is 18.3 Å². The highest BCUT2D eigenvalue weighted by Crippen LogP contribution is 2.76. The Labute approximate surface area is 332 Å². The van der Waals surface area contributed by atoms with E-state index in [0.29, 0.717) is 0 Å². The van der Waals surface area contributed by atoms with E-state index in [-0.39, 0.29) is 39.1 Å². The summed E-state index contributed by atoms with van der Waals surface area (Å²) in [6.45, 7) is -11.5. The van der Waals surface area contributed by atoms with Crippen molar-refractivity contribution in [2.24, 2.45) is 0 Å². The van der Waals surface area contributed by atoms with Gasteiger partial charge in [0, 0.05) is 0 Å². The van der Waals surface area contributed by atoms with Gasteiger partial charge in [0.15, 0.2) is 40.5 Å². The van der Waals surface area contributed by atoms with Crippen LogP contribution < -0.4 is 11.5 Å². The van der Waals surface area contributed by atoms with Crippen LogP contribution in [-0.4, -0.2) is 140 Å². The zero-order valence-electron chi connectivity index (χ0n) is 27.8. The molecule has 0 saturated carbocycles. The van der Waals surface area contributed by atoms with Crippen LogP contribution in [0.1, 0.15) is 12.5 Å². The van der Waals surface area contributed by atoms with Gasteiger partial charge in [0.05, 0.1) is 25.9 Å². The topological polar surface area (TPSA) is 391 Å². The number of thioether (sulfide) groups is 1. The van der Waals surface area contributed by atoms with E-state index in [4.69, 9.17) is 65.2 Å². The molecule has 56 heavy (non-hydrogen) atoms. The summed E-state index contributed by atoms with van der Waals surface area (Å²) < 4.78 is 59.0. The largest absolute Gasteiger partial charge is 0.387 e. The maximum absolute atomic E-state index is 13.0. The molecular formula is C22H31ClN10O16P4S3. The number of fused-ring (bicyclic) bond motifs is 2. The zero-order chi connectivity index (χ0) is 41.1. The summed E-state index contributed by atoms with van der Waals surface area (Å²) in [4.78, 5) is 63.4. The number of anilines is 2. The van der Waals surface area contributed by atoms with Crippen molar-refractivity contribution >= 4 is 110 Å². The van der Waals surface area contributed by atoms with E-state index < -0.39 is 95.8 Å². The van der Waals surface area contributed by atoms with E-state index >= 15 is 0 Å². The first kappa shape index (κ1) is 44.1. The number of rotatable bonds is 15. The van der Waals surface area contributed by atoms with Crippen LogP contribution in [0.2, 0.25) is 0 Å². The van der Waals surface area contributed by atoms with Crippen molar-refractivity contribution in [3.05, 3.63) is 19.0 Å². The second kappa shape index (κ2) is 16.5. The Bertz CT molecular complexity index is 2320. The summed E-state index contributed by atoms with van der Waals surface area (Å²) in [6.07, 6.45) is -6.94. The van der Waals surface area contributed by atoms with Crippen molar-refractivity contribution in [2.75, 3.05) is 30.9 Å². The Morgan fingerprint density at radius 2 is 1.25 bits per heavy atom. The number of imidazole rings is 2. The van der Waals surface area contributed by atoms with Crippen LogP contribution in [0.5, 0.6) is 0 Å². The van der Waals surface area contributed by atoms with Crippen LogP contribution in [0.15, 0.2) is 24.1 Å². The number of hydrogen-bond acceptors (Lipinski definition) is 23. The first-order chi connectivity index (χ1) is 26.1. The minimum absolute atomic E-state index is 0.0250. The molecule has 0 aliphatic carbocycles. The number of hydrogen-bond donors (Lipinski definition) is 10. The van der Waals surface area contributed by atoms with Gasteiger partial charge in [-0.1, -0.05) is 23.4 Å². The summed E-state index contributed by atoms with van der Waals surface area (Å²) in [5.74, 6) is 0.0635. The standard InChI is InChI=1S/C22H31ClN10O16P4S3/c1-56-22-30-16(25)10-18(31-22)33(6-29-10)20-14(37)12(35)8(47-20)3-45-53(43,55)49-51(40,41)21(23)50(38,39)48-52(42,54)44-2-7-11(34)13(36)19(46-7)32-5-28-9-15(24)26-4-27-17(9)32/h4-8,11-14,19-21,34-37H,2-3H2,1H3,(H,38,39)(H,40,41)(H,42,54)(H,43,55)(H2,24,26,27)(H2,25,30,31)/t7-,8-,11-,12-,13-,14-,19-,20-,21?,52?,53?/m1/s1. The SMILES string of the molecule is CSc1nc(N)c2ncn([C@@H]3O[C@H](COP(O)(=S)OP(=O)(O)C(Cl)P(=O)(O)OP(O)(=S)OC[C@H]4O[C@@H](n5cnc6c(N)ncnc65)[C@H](O)[C@@H]4O)[C@@H](O)[C@H]3O)c2n1. The highest BCUT2D eigenvalue weighted by atomic mass is 35.5. The maximum atomic E-state index is 13.0. The minimum atomic E-state index is -5.73. The summed E-state index contributed by atoms with van der Waals surface area (Å²) in [5, 5.41) is 42.8. The van der Waals surface area contributed by atoms with E-state index in [1.54, 1.807) is 6.26 Å². The van der Waals surface area contributed by atoms with Gasteiger partial charge in [0.25, 0.3) is 0 Å². The smallest absolute Gasteiger partial charge is 0.365 e. The molecule has 0 bridgehead atoms. The van der Waals surface area contributed by atoms with E-state index in [0.717, 1.165) is 6.33 Å². The number of ether oxygens (including phenoxy) is 2. The number of aliphatic hydroxyl groups is 4. The molecule has 34 heteroatoms. The molecule has 0 radical (unpaired) electrons. The van der Waals surface area contributed by atoms with E-state index in [9.17, 15) is 49.1 Å². The van der Waals surface area contributed by atoms with Gasteiger partial charge in [-0.25, -0.2) is 38.5 Å². The molecule has 0 spiro atoms. The minimum Gasteiger partial charge on any atom is -0.387 e. The Hall–Kier alpha value is -1.46. The van der Waals surface area contributed by atoms with Gasteiger partial charge in [0.2, 0.25) is 4.86 Å². The third kappa shape index (κ3) is 9.00. The molecule has 6 heterocycles. The van der Waals surface area contributed by atoms with E-state index in [2.05, 4.69) is 38.5 Å². The van der Waals surface area contributed by atoms with Gasteiger partial charge in [-0.2, -0.15) is 0 Å². The van der Waals surface area contributed by atoms with Crippen LogP contribution in [0.4, 0.5) is 11.6 Å². The molecule has 26 nitrogen and oxygen atoms in total. The van der Waals surface area contributed by atoms with Crippen LogP contribution >= 0.6 is 52.0 Å².